The first-order chi connectivity index (χ1) is 13.1. The number of nitrogens with one attached hydrogen (secondary N) is 1. The van der Waals surface area contributed by atoms with Crippen molar-refractivity contribution >= 4 is 32.6 Å². The van der Waals surface area contributed by atoms with Gasteiger partial charge in [-0.05, 0) is 12.1 Å². The largest absolute Gasteiger partial charge is 0.490 e. The summed E-state index contributed by atoms with van der Waals surface area (Å²) in [6.07, 6.45) is 0.803. The number of thiazole rings is 1. The fourth-order valence-electron chi connectivity index (χ4n) is 2.66. The van der Waals surface area contributed by atoms with Gasteiger partial charge < -0.3 is 14.2 Å². The lowest BCUT2D eigenvalue weighted by Gasteiger charge is -2.09. The maximum atomic E-state index is 12.5. The van der Waals surface area contributed by atoms with Crippen LogP contribution in [0.25, 0.3) is 10.2 Å². The van der Waals surface area contributed by atoms with Gasteiger partial charge in [0.1, 0.15) is 5.75 Å². The molecule has 0 atom stereocenters. The third-order valence-corrected chi connectivity index (χ3v) is 4.76. The minimum absolute atomic E-state index is 0.000458. The third-order valence-electron chi connectivity index (χ3n) is 3.83. The molecule has 4 rings (SSSR count). The van der Waals surface area contributed by atoms with E-state index in [4.69, 9.17) is 9.47 Å². The summed E-state index contributed by atoms with van der Waals surface area (Å²) >= 11 is 1.25. The highest BCUT2D eigenvalue weighted by molar-refractivity contribution is 7.22. The SMILES string of the molecule is O=C(Nc1nc2cc3c(cc2s1)OCCCO3)c1ccccc1OC(F)F. The van der Waals surface area contributed by atoms with Crippen LogP contribution in [0, 0.1) is 0 Å². The predicted molar refractivity (Wildman–Crippen MR) is 96.3 cm³/mol. The topological polar surface area (TPSA) is 69.7 Å². The number of carbonyl (C=O) groups excluding carboxylic acids is 1. The molecule has 2 heterocycles. The Kier molecular flexibility index (Phi) is 4.76. The zero-order chi connectivity index (χ0) is 18.8. The van der Waals surface area contributed by atoms with Crippen molar-refractivity contribution in [3.63, 3.8) is 0 Å². The van der Waals surface area contributed by atoms with Crippen LogP contribution in [0.4, 0.5) is 13.9 Å². The van der Waals surface area contributed by atoms with Crippen molar-refractivity contribution in [2.24, 2.45) is 0 Å². The van der Waals surface area contributed by atoms with Crippen LogP contribution in [-0.2, 0) is 0 Å². The summed E-state index contributed by atoms with van der Waals surface area (Å²) in [6, 6.07) is 9.37. The van der Waals surface area contributed by atoms with Crippen LogP contribution in [0.2, 0.25) is 0 Å². The number of anilines is 1. The molecule has 1 aromatic heterocycles. The zero-order valence-corrected chi connectivity index (χ0v) is 14.7. The minimum Gasteiger partial charge on any atom is -0.490 e. The number of hydrogen-bond acceptors (Lipinski definition) is 6. The summed E-state index contributed by atoms with van der Waals surface area (Å²) in [6.45, 7) is -1.88. The number of ether oxygens (including phenoxy) is 3. The molecule has 9 heteroatoms. The molecule has 2 aromatic carbocycles. The molecule has 3 aromatic rings. The number of alkyl halides is 2. The lowest BCUT2D eigenvalue weighted by molar-refractivity contribution is -0.0501. The molecule has 0 aliphatic carbocycles. The summed E-state index contributed by atoms with van der Waals surface area (Å²) in [7, 11) is 0. The van der Waals surface area contributed by atoms with Gasteiger partial charge in [0, 0.05) is 18.6 Å². The molecule has 1 N–H and O–H groups in total. The second-order valence-electron chi connectivity index (χ2n) is 5.66. The van der Waals surface area contributed by atoms with Crippen LogP contribution in [0.1, 0.15) is 16.8 Å². The molecule has 27 heavy (non-hydrogen) atoms. The number of para-hydroxylation sites is 1. The highest BCUT2D eigenvalue weighted by Crippen LogP contribution is 2.37. The molecule has 0 saturated carbocycles. The van der Waals surface area contributed by atoms with E-state index in [1.165, 1.54) is 29.5 Å². The van der Waals surface area contributed by atoms with E-state index in [1.807, 2.05) is 6.07 Å². The number of amides is 1. The van der Waals surface area contributed by atoms with Gasteiger partial charge >= 0.3 is 6.61 Å². The molecule has 1 aliphatic rings. The van der Waals surface area contributed by atoms with Crippen LogP contribution in [0.15, 0.2) is 36.4 Å². The van der Waals surface area contributed by atoms with Gasteiger partial charge in [0.2, 0.25) is 0 Å². The monoisotopic (exact) mass is 392 g/mol. The molecule has 0 saturated heterocycles. The minimum atomic E-state index is -3.02. The molecule has 0 bridgehead atoms. The van der Waals surface area contributed by atoms with E-state index in [1.54, 1.807) is 12.1 Å². The second kappa shape index (κ2) is 7.36. The summed E-state index contributed by atoms with van der Waals surface area (Å²) < 4.78 is 41.5. The average molecular weight is 392 g/mol. The number of aromatic nitrogens is 1. The molecule has 1 aliphatic heterocycles. The molecule has 140 valence electrons. The van der Waals surface area contributed by atoms with Crippen molar-refractivity contribution in [2.45, 2.75) is 13.0 Å². The van der Waals surface area contributed by atoms with Gasteiger partial charge in [-0.2, -0.15) is 8.78 Å². The second-order valence-corrected chi connectivity index (χ2v) is 6.70. The highest BCUT2D eigenvalue weighted by atomic mass is 32.1. The quantitative estimate of drug-likeness (QED) is 0.717. The number of rotatable bonds is 4. The maximum absolute atomic E-state index is 12.5. The van der Waals surface area contributed by atoms with E-state index in [-0.39, 0.29) is 11.3 Å². The number of fused-ring (bicyclic) bond motifs is 2. The van der Waals surface area contributed by atoms with E-state index in [9.17, 15) is 13.6 Å². The summed E-state index contributed by atoms with van der Waals surface area (Å²) in [5.41, 5.74) is 0.649. The first-order valence-electron chi connectivity index (χ1n) is 8.15. The number of nitrogens with zero attached hydrogens (tertiary/aromatic N) is 1. The molecule has 0 unspecified atom stereocenters. The van der Waals surface area contributed by atoms with Crippen LogP contribution in [0.5, 0.6) is 17.2 Å². The first kappa shape index (κ1) is 17.5. The van der Waals surface area contributed by atoms with Crippen molar-refractivity contribution in [1.82, 2.24) is 4.98 Å². The molecule has 0 spiro atoms. The van der Waals surface area contributed by atoms with Crippen LogP contribution in [0.3, 0.4) is 0 Å². The first-order valence-corrected chi connectivity index (χ1v) is 8.97. The van der Waals surface area contributed by atoms with Gasteiger partial charge in [0.15, 0.2) is 16.6 Å². The normalized spacial score (nSPS) is 13.4. The Labute approximate surface area is 156 Å². The number of halogens is 2. The van der Waals surface area contributed by atoms with E-state index in [0.717, 1.165) is 11.1 Å². The van der Waals surface area contributed by atoms with Crippen molar-refractivity contribution in [3.05, 3.63) is 42.0 Å². The van der Waals surface area contributed by atoms with Crippen molar-refractivity contribution in [2.75, 3.05) is 18.5 Å². The van der Waals surface area contributed by atoms with Gasteiger partial charge in [-0.1, -0.05) is 23.5 Å². The maximum Gasteiger partial charge on any atom is 0.387 e. The van der Waals surface area contributed by atoms with E-state index in [2.05, 4.69) is 15.0 Å². The fraction of sp³-hybridized carbons (Fsp3) is 0.222. The van der Waals surface area contributed by atoms with Gasteiger partial charge in [-0.25, -0.2) is 4.98 Å². The van der Waals surface area contributed by atoms with Crippen molar-refractivity contribution < 1.29 is 27.8 Å². The number of hydrogen-bond donors (Lipinski definition) is 1. The Hall–Kier alpha value is -2.94. The Bertz CT molecular complexity index is 950. The average Bonchev–Trinajstić information content (AvgIpc) is 2.87. The fourth-order valence-corrected chi connectivity index (χ4v) is 3.53. The van der Waals surface area contributed by atoms with Crippen LogP contribution >= 0.6 is 11.3 Å². The molecule has 1 amide bonds. The van der Waals surface area contributed by atoms with Crippen LogP contribution in [-0.4, -0.2) is 30.7 Å². The van der Waals surface area contributed by atoms with E-state index >= 15 is 0 Å². The third kappa shape index (κ3) is 3.77. The zero-order valence-electron chi connectivity index (χ0n) is 13.9. The van der Waals surface area contributed by atoms with Gasteiger partial charge in [0.25, 0.3) is 5.91 Å². The Balaban J connectivity index is 1.59. The Morgan fingerprint density at radius 3 is 2.70 bits per heavy atom. The summed E-state index contributed by atoms with van der Waals surface area (Å²) in [5.74, 6) is 0.468. The van der Waals surface area contributed by atoms with Gasteiger partial charge in [-0.15, -0.1) is 0 Å². The van der Waals surface area contributed by atoms with Crippen molar-refractivity contribution in [3.8, 4) is 17.2 Å². The summed E-state index contributed by atoms with van der Waals surface area (Å²) in [4.78, 5) is 16.8. The lowest BCUT2D eigenvalue weighted by atomic mass is 10.2. The summed E-state index contributed by atoms with van der Waals surface area (Å²) in [5, 5.41) is 2.96. The van der Waals surface area contributed by atoms with Crippen LogP contribution < -0.4 is 19.5 Å². The lowest BCUT2D eigenvalue weighted by Crippen LogP contribution is -2.14. The Morgan fingerprint density at radius 2 is 1.93 bits per heavy atom. The standard InChI is InChI=1S/C18H14F2N2O4S/c19-17(20)26-12-5-2-1-4-10(12)16(23)22-18-21-11-8-13-14(9-15(11)27-18)25-7-3-6-24-13/h1-2,4-5,8-9,17H,3,6-7H2,(H,21,22,23). The molecule has 0 radical (unpaired) electrons. The molecule has 6 nitrogen and oxygen atoms in total. The smallest absolute Gasteiger partial charge is 0.387 e. The number of carbonyl (C=O) groups is 1. The highest BCUT2D eigenvalue weighted by Gasteiger charge is 2.18. The predicted octanol–water partition coefficient (Wildman–Crippen LogP) is 4.31. The molecular weight excluding hydrogens is 378 g/mol. The molecule has 0 fully saturated rings. The van der Waals surface area contributed by atoms with E-state index < -0.39 is 12.5 Å². The number of benzene rings is 2. The molecular formula is C18H14F2N2O4S. The van der Waals surface area contributed by atoms with Crippen molar-refractivity contribution in [1.29, 1.82) is 0 Å². The van der Waals surface area contributed by atoms with Gasteiger partial charge in [-0.3, -0.25) is 10.1 Å². The Morgan fingerprint density at radius 1 is 1.19 bits per heavy atom. The van der Waals surface area contributed by atoms with Gasteiger partial charge in [0.05, 0.1) is 29.0 Å². The van der Waals surface area contributed by atoms with E-state index in [0.29, 0.717) is 35.4 Å².